The molecule has 1 aromatic carbocycles. The number of rotatable bonds is 3. The van der Waals surface area contributed by atoms with Gasteiger partial charge in [-0.1, -0.05) is 23.7 Å². The molecule has 124 valence electrons. The van der Waals surface area contributed by atoms with Crippen molar-refractivity contribution in [3.05, 3.63) is 68.3 Å². The van der Waals surface area contributed by atoms with Gasteiger partial charge in [-0.3, -0.25) is 4.99 Å². The number of ether oxygens (including phenoxy) is 1. The van der Waals surface area contributed by atoms with Gasteiger partial charge in [0.05, 0.1) is 17.6 Å². The van der Waals surface area contributed by atoms with Crippen LogP contribution in [0.4, 0.5) is 4.39 Å². The molecule has 0 fully saturated rings. The molecular formula is C17H14ClFN2O2S. The molecule has 1 aliphatic rings. The molecule has 1 aliphatic heterocycles. The topological polar surface area (TPSA) is 50.7 Å². The number of nitrogens with zero attached hydrogens (tertiary/aromatic N) is 1. The predicted molar refractivity (Wildman–Crippen MR) is 92.9 cm³/mol. The number of halogens is 2. The summed E-state index contributed by atoms with van der Waals surface area (Å²) in [5.74, 6) is -0.305. The van der Waals surface area contributed by atoms with E-state index >= 15 is 0 Å². The third-order valence-electron chi connectivity index (χ3n) is 3.66. The van der Waals surface area contributed by atoms with Crippen LogP contribution < -0.4 is 5.32 Å². The lowest BCUT2D eigenvalue weighted by Gasteiger charge is -2.26. The zero-order chi connectivity index (χ0) is 17.3. The summed E-state index contributed by atoms with van der Waals surface area (Å²) in [6, 6.07) is 7.23. The van der Waals surface area contributed by atoms with Crippen LogP contribution in [0.3, 0.4) is 0 Å². The van der Waals surface area contributed by atoms with Crippen molar-refractivity contribution in [1.82, 2.24) is 5.32 Å². The summed E-state index contributed by atoms with van der Waals surface area (Å²) in [5, 5.41) is 5.29. The van der Waals surface area contributed by atoms with Gasteiger partial charge in [0.15, 0.2) is 0 Å². The van der Waals surface area contributed by atoms with Crippen molar-refractivity contribution in [3.8, 4) is 0 Å². The van der Waals surface area contributed by atoms with Gasteiger partial charge in [-0.05, 0) is 30.5 Å². The molecule has 0 unspecified atom stereocenters. The highest BCUT2D eigenvalue weighted by Crippen LogP contribution is 2.36. The third kappa shape index (κ3) is 3.07. The Balaban J connectivity index is 2.14. The van der Waals surface area contributed by atoms with Gasteiger partial charge in [0.2, 0.25) is 0 Å². The average Bonchev–Trinajstić information content (AvgIpc) is 3.08. The van der Waals surface area contributed by atoms with E-state index in [-0.39, 0.29) is 5.02 Å². The van der Waals surface area contributed by atoms with E-state index < -0.39 is 17.8 Å². The first kappa shape index (κ1) is 16.7. The highest BCUT2D eigenvalue weighted by Gasteiger charge is 2.31. The van der Waals surface area contributed by atoms with Crippen LogP contribution in [0.1, 0.15) is 23.4 Å². The lowest BCUT2D eigenvalue weighted by molar-refractivity contribution is -0.136. The van der Waals surface area contributed by atoms with E-state index in [2.05, 4.69) is 10.3 Å². The number of hydrogen-bond acceptors (Lipinski definition) is 5. The summed E-state index contributed by atoms with van der Waals surface area (Å²) in [7, 11) is 1.31. The molecular weight excluding hydrogens is 351 g/mol. The minimum atomic E-state index is -0.663. The largest absolute Gasteiger partial charge is 0.466 e. The van der Waals surface area contributed by atoms with Crippen LogP contribution in [0.15, 0.2) is 52.0 Å². The van der Waals surface area contributed by atoms with E-state index in [1.807, 2.05) is 17.5 Å². The highest BCUT2D eigenvalue weighted by atomic mass is 35.5. The molecule has 2 aromatic rings. The van der Waals surface area contributed by atoms with E-state index in [1.54, 1.807) is 13.0 Å². The summed E-state index contributed by atoms with van der Waals surface area (Å²) < 4.78 is 18.3. The lowest BCUT2D eigenvalue weighted by atomic mass is 9.96. The fourth-order valence-electron chi connectivity index (χ4n) is 2.54. The SMILES string of the molecule is COC(=O)C1=C(C)NC(c2cccs2)=N[C@H]1c1ccc(F)cc1Cl. The monoisotopic (exact) mass is 364 g/mol. The summed E-state index contributed by atoms with van der Waals surface area (Å²) >= 11 is 7.72. The molecule has 1 atom stereocenters. The number of carbonyl (C=O) groups is 1. The van der Waals surface area contributed by atoms with Crippen molar-refractivity contribution in [2.24, 2.45) is 4.99 Å². The number of aliphatic imine (C=N–C) groups is 1. The number of hydrogen-bond donors (Lipinski definition) is 1. The number of carbonyl (C=O) groups excluding carboxylic acids is 1. The Morgan fingerprint density at radius 2 is 2.21 bits per heavy atom. The maximum atomic E-state index is 13.4. The number of nitrogens with one attached hydrogen (secondary N) is 1. The summed E-state index contributed by atoms with van der Waals surface area (Å²) in [5.41, 5.74) is 1.53. The molecule has 24 heavy (non-hydrogen) atoms. The van der Waals surface area contributed by atoms with Crippen LogP contribution in [0.5, 0.6) is 0 Å². The van der Waals surface area contributed by atoms with Gasteiger partial charge in [0.25, 0.3) is 0 Å². The fourth-order valence-corrected chi connectivity index (χ4v) is 3.48. The molecule has 0 aliphatic carbocycles. The zero-order valence-electron chi connectivity index (χ0n) is 13.0. The average molecular weight is 365 g/mol. The van der Waals surface area contributed by atoms with Gasteiger partial charge in [-0.15, -0.1) is 11.3 Å². The minimum absolute atomic E-state index is 0.213. The molecule has 4 nitrogen and oxygen atoms in total. The number of allylic oxidation sites excluding steroid dienone is 1. The van der Waals surface area contributed by atoms with Gasteiger partial charge in [0.1, 0.15) is 17.7 Å². The molecule has 0 amide bonds. The van der Waals surface area contributed by atoms with Crippen molar-refractivity contribution >= 4 is 34.7 Å². The molecule has 0 bridgehead atoms. The standard InChI is InChI=1S/C17H14ClFN2O2S/c1-9-14(17(22)23-2)15(11-6-5-10(19)8-12(11)18)21-16(20-9)13-4-3-7-24-13/h3-8,15H,1-2H3,(H,20,21)/t15-/m0/s1. The molecule has 0 spiro atoms. The van der Waals surface area contributed by atoms with Crippen molar-refractivity contribution in [1.29, 1.82) is 0 Å². The van der Waals surface area contributed by atoms with Gasteiger partial charge >= 0.3 is 5.97 Å². The van der Waals surface area contributed by atoms with Crippen molar-refractivity contribution in [3.63, 3.8) is 0 Å². The van der Waals surface area contributed by atoms with E-state index in [0.29, 0.717) is 22.7 Å². The van der Waals surface area contributed by atoms with Crippen molar-refractivity contribution < 1.29 is 13.9 Å². The second-order valence-electron chi connectivity index (χ2n) is 5.18. The normalized spacial score (nSPS) is 17.3. The quantitative estimate of drug-likeness (QED) is 0.835. The van der Waals surface area contributed by atoms with Crippen LogP contribution >= 0.6 is 22.9 Å². The Morgan fingerprint density at radius 3 is 2.83 bits per heavy atom. The molecule has 0 saturated heterocycles. The summed E-state index contributed by atoms with van der Waals surface area (Å²) in [4.78, 5) is 17.8. The Hall–Kier alpha value is -2.18. The molecule has 7 heteroatoms. The minimum Gasteiger partial charge on any atom is -0.466 e. The lowest BCUT2D eigenvalue weighted by Crippen LogP contribution is -2.32. The van der Waals surface area contributed by atoms with Crippen molar-refractivity contribution in [2.75, 3.05) is 7.11 Å². The number of thiophene rings is 1. The Labute approximate surface area is 147 Å². The van der Waals surface area contributed by atoms with Crippen LogP contribution in [-0.4, -0.2) is 18.9 Å². The maximum Gasteiger partial charge on any atom is 0.338 e. The highest BCUT2D eigenvalue weighted by molar-refractivity contribution is 7.12. The van der Waals surface area contributed by atoms with E-state index in [9.17, 15) is 9.18 Å². The maximum absolute atomic E-state index is 13.4. The van der Waals surface area contributed by atoms with Crippen LogP contribution in [-0.2, 0) is 9.53 Å². The van der Waals surface area contributed by atoms with Gasteiger partial charge in [-0.2, -0.15) is 0 Å². The zero-order valence-corrected chi connectivity index (χ0v) is 14.5. The molecule has 1 N–H and O–H groups in total. The predicted octanol–water partition coefficient (Wildman–Crippen LogP) is 4.08. The second kappa shape index (κ2) is 6.75. The Morgan fingerprint density at radius 1 is 1.42 bits per heavy atom. The molecule has 0 saturated carbocycles. The number of esters is 1. The number of benzene rings is 1. The first-order valence-electron chi connectivity index (χ1n) is 7.14. The van der Waals surface area contributed by atoms with Crippen molar-refractivity contribution in [2.45, 2.75) is 13.0 Å². The molecule has 1 aromatic heterocycles. The second-order valence-corrected chi connectivity index (χ2v) is 6.53. The first-order chi connectivity index (χ1) is 11.5. The first-order valence-corrected chi connectivity index (χ1v) is 8.39. The molecule has 3 rings (SSSR count). The molecule has 2 heterocycles. The summed E-state index contributed by atoms with van der Waals surface area (Å²) in [6.07, 6.45) is 0. The van der Waals surface area contributed by atoms with Gasteiger partial charge in [-0.25, -0.2) is 9.18 Å². The van der Waals surface area contributed by atoms with Crippen LogP contribution in [0.25, 0.3) is 0 Å². The van der Waals surface area contributed by atoms with E-state index in [4.69, 9.17) is 16.3 Å². The van der Waals surface area contributed by atoms with Gasteiger partial charge in [0, 0.05) is 16.3 Å². The smallest absolute Gasteiger partial charge is 0.338 e. The van der Waals surface area contributed by atoms with Crippen LogP contribution in [0.2, 0.25) is 5.02 Å². The Kier molecular flexibility index (Phi) is 4.69. The molecule has 0 radical (unpaired) electrons. The number of methoxy groups -OCH3 is 1. The third-order valence-corrected chi connectivity index (χ3v) is 4.86. The van der Waals surface area contributed by atoms with E-state index in [1.165, 1.54) is 30.6 Å². The Bertz CT molecular complexity index is 846. The van der Waals surface area contributed by atoms with Crippen LogP contribution in [0, 0.1) is 5.82 Å². The fraction of sp³-hybridized carbons (Fsp3) is 0.176. The van der Waals surface area contributed by atoms with E-state index in [0.717, 1.165) is 4.88 Å². The summed E-state index contributed by atoms with van der Waals surface area (Å²) in [6.45, 7) is 1.78. The van der Waals surface area contributed by atoms with Gasteiger partial charge < -0.3 is 10.1 Å². The number of amidine groups is 1.